The van der Waals surface area contributed by atoms with Gasteiger partial charge < -0.3 is 19.4 Å². The number of hydrogen-bond donors (Lipinski definition) is 1. The number of aromatic nitrogens is 1. The van der Waals surface area contributed by atoms with Gasteiger partial charge in [-0.05, 0) is 30.7 Å². The quantitative estimate of drug-likeness (QED) is 0.803. The Bertz CT molecular complexity index is 740. The first-order valence-electron chi connectivity index (χ1n) is 7.86. The molecule has 0 saturated carbocycles. The predicted octanol–water partition coefficient (Wildman–Crippen LogP) is 1.96. The number of ether oxygens (including phenoxy) is 2. The van der Waals surface area contributed by atoms with E-state index in [1.54, 1.807) is 25.4 Å². The summed E-state index contributed by atoms with van der Waals surface area (Å²) in [5.74, 6) is 1.21. The van der Waals surface area contributed by atoms with E-state index in [0.717, 1.165) is 5.56 Å². The molecule has 0 spiro atoms. The fraction of sp³-hybridized carbons (Fsp3) is 0.333. The van der Waals surface area contributed by atoms with Crippen molar-refractivity contribution in [3.8, 4) is 11.5 Å². The molecule has 1 aromatic carbocycles. The largest absolute Gasteiger partial charge is 0.493 e. The molecule has 128 valence electrons. The molecular weight excluding hydrogens is 308 g/mol. The standard InChI is InChI=1S/C18H22N2O4/c1-3-24-15-8-7-14(12-16(15)23-2)13-19-17(21)9-11-20-10-5-4-6-18(20)22/h4-8,10,12H,3,9,11,13H2,1-2H3,(H,19,21). The van der Waals surface area contributed by atoms with Crippen molar-refractivity contribution in [3.05, 3.63) is 58.5 Å². The van der Waals surface area contributed by atoms with Gasteiger partial charge in [-0.15, -0.1) is 0 Å². The van der Waals surface area contributed by atoms with Crippen LogP contribution in [0.2, 0.25) is 0 Å². The molecule has 0 aliphatic heterocycles. The summed E-state index contributed by atoms with van der Waals surface area (Å²) in [4.78, 5) is 23.5. The highest BCUT2D eigenvalue weighted by molar-refractivity contribution is 5.75. The number of benzene rings is 1. The molecule has 0 aliphatic rings. The number of carbonyl (C=O) groups excluding carboxylic acids is 1. The van der Waals surface area contributed by atoms with Gasteiger partial charge in [0.25, 0.3) is 5.56 Å². The van der Waals surface area contributed by atoms with E-state index in [0.29, 0.717) is 31.2 Å². The molecule has 0 bridgehead atoms. The molecule has 24 heavy (non-hydrogen) atoms. The smallest absolute Gasteiger partial charge is 0.250 e. The Morgan fingerprint density at radius 3 is 2.75 bits per heavy atom. The molecule has 2 rings (SSSR count). The van der Waals surface area contributed by atoms with Gasteiger partial charge in [-0.25, -0.2) is 0 Å². The van der Waals surface area contributed by atoms with E-state index in [1.165, 1.54) is 10.6 Å². The van der Waals surface area contributed by atoms with Crippen LogP contribution in [0.5, 0.6) is 11.5 Å². The molecule has 0 fully saturated rings. The van der Waals surface area contributed by atoms with Crippen LogP contribution < -0.4 is 20.3 Å². The molecule has 0 unspecified atom stereocenters. The van der Waals surface area contributed by atoms with Gasteiger partial charge in [-0.3, -0.25) is 9.59 Å². The van der Waals surface area contributed by atoms with Crippen molar-refractivity contribution in [1.82, 2.24) is 9.88 Å². The SMILES string of the molecule is CCOc1ccc(CNC(=O)CCn2ccccc2=O)cc1OC. The number of rotatable bonds is 8. The Kier molecular flexibility index (Phi) is 6.42. The lowest BCUT2D eigenvalue weighted by molar-refractivity contribution is -0.121. The van der Waals surface area contributed by atoms with Crippen LogP contribution in [0.3, 0.4) is 0 Å². The summed E-state index contributed by atoms with van der Waals surface area (Å²) in [7, 11) is 1.58. The van der Waals surface area contributed by atoms with Gasteiger partial charge in [-0.1, -0.05) is 12.1 Å². The van der Waals surface area contributed by atoms with Crippen LogP contribution in [0.15, 0.2) is 47.4 Å². The number of amides is 1. The van der Waals surface area contributed by atoms with Crippen molar-refractivity contribution in [2.24, 2.45) is 0 Å². The normalized spacial score (nSPS) is 10.2. The van der Waals surface area contributed by atoms with E-state index in [-0.39, 0.29) is 17.9 Å². The van der Waals surface area contributed by atoms with E-state index in [4.69, 9.17) is 9.47 Å². The summed E-state index contributed by atoms with van der Waals surface area (Å²) >= 11 is 0. The van der Waals surface area contributed by atoms with Crippen LogP contribution in [-0.2, 0) is 17.9 Å². The van der Waals surface area contributed by atoms with Gasteiger partial charge >= 0.3 is 0 Å². The maximum Gasteiger partial charge on any atom is 0.250 e. The molecule has 6 heteroatoms. The Hall–Kier alpha value is -2.76. The molecule has 0 aliphatic carbocycles. The average molecular weight is 330 g/mol. The van der Waals surface area contributed by atoms with Crippen LogP contribution in [-0.4, -0.2) is 24.2 Å². The zero-order valence-corrected chi connectivity index (χ0v) is 14.0. The summed E-state index contributed by atoms with van der Waals surface area (Å²) in [5.41, 5.74) is 0.807. The minimum absolute atomic E-state index is 0.110. The molecule has 1 aromatic heterocycles. The number of nitrogens with one attached hydrogen (secondary N) is 1. The summed E-state index contributed by atoms with van der Waals surface area (Å²) < 4.78 is 12.3. The second-order valence-electron chi connectivity index (χ2n) is 5.18. The van der Waals surface area contributed by atoms with Crippen LogP contribution >= 0.6 is 0 Å². The Morgan fingerprint density at radius 2 is 2.04 bits per heavy atom. The lowest BCUT2D eigenvalue weighted by Crippen LogP contribution is -2.26. The highest BCUT2D eigenvalue weighted by atomic mass is 16.5. The van der Waals surface area contributed by atoms with Crippen LogP contribution in [0.4, 0.5) is 0 Å². The van der Waals surface area contributed by atoms with Crippen molar-refractivity contribution < 1.29 is 14.3 Å². The van der Waals surface area contributed by atoms with Crippen molar-refractivity contribution in [1.29, 1.82) is 0 Å². The van der Waals surface area contributed by atoms with Gasteiger partial charge in [0.1, 0.15) is 0 Å². The van der Waals surface area contributed by atoms with Crippen molar-refractivity contribution in [2.45, 2.75) is 26.4 Å². The molecule has 0 saturated heterocycles. The molecule has 0 radical (unpaired) electrons. The number of hydrogen-bond acceptors (Lipinski definition) is 4. The molecule has 1 heterocycles. The second kappa shape index (κ2) is 8.76. The van der Waals surface area contributed by atoms with E-state index >= 15 is 0 Å². The highest BCUT2D eigenvalue weighted by Gasteiger charge is 2.07. The lowest BCUT2D eigenvalue weighted by Gasteiger charge is -2.11. The number of aryl methyl sites for hydroxylation is 1. The molecule has 6 nitrogen and oxygen atoms in total. The Balaban J connectivity index is 1.87. The molecule has 2 aromatic rings. The Labute approximate surface area is 141 Å². The van der Waals surface area contributed by atoms with Gasteiger partial charge in [0.05, 0.1) is 13.7 Å². The Morgan fingerprint density at radius 1 is 1.21 bits per heavy atom. The first-order chi connectivity index (χ1) is 11.6. The van der Waals surface area contributed by atoms with Gasteiger partial charge in [0, 0.05) is 31.8 Å². The average Bonchev–Trinajstić information content (AvgIpc) is 2.60. The number of carbonyl (C=O) groups is 1. The molecule has 1 N–H and O–H groups in total. The fourth-order valence-electron chi connectivity index (χ4n) is 2.25. The summed E-state index contributed by atoms with van der Waals surface area (Å²) in [5, 5.41) is 2.84. The zero-order valence-electron chi connectivity index (χ0n) is 14.0. The van der Waals surface area contributed by atoms with Crippen LogP contribution in [0.25, 0.3) is 0 Å². The van der Waals surface area contributed by atoms with E-state index in [2.05, 4.69) is 5.32 Å². The maximum atomic E-state index is 11.9. The lowest BCUT2D eigenvalue weighted by atomic mass is 10.2. The van der Waals surface area contributed by atoms with E-state index in [1.807, 2.05) is 25.1 Å². The third kappa shape index (κ3) is 4.87. The molecule has 1 amide bonds. The summed E-state index contributed by atoms with van der Waals surface area (Å²) in [6.07, 6.45) is 1.92. The van der Waals surface area contributed by atoms with Crippen molar-refractivity contribution in [3.63, 3.8) is 0 Å². The van der Waals surface area contributed by atoms with Gasteiger partial charge in [-0.2, -0.15) is 0 Å². The summed E-state index contributed by atoms with van der Waals surface area (Å²) in [6.45, 7) is 3.22. The summed E-state index contributed by atoms with van der Waals surface area (Å²) in [6, 6.07) is 10.5. The fourth-order valence-corrected chi connectivity index (χ4v) is 2.25. The highest BCUT2D eigenvalue weighted by Crippen LogP contribution is 2.27. The number of nitrogens with zero attached hydrogens (tertiary/aromatic N) is 1. The first kappa shape index (κ1) is 17.6. The minimum Gasteiger partial charge on any atom is -0.493 e. The maximum absolute atomic E-state index is 11.9. The van der Waals surface area contributed by atoms with Gasteiger partial charge in [0.15, 0.2) is 11.5 Å². The van der Waals surface area contributed by atoms with Gasteiger partial charge in [0.2, 0.25) is 5.91 Å². The van der Waals surface area contributed by atoms with E-state index < -0.39 is 0 Å². The molecule has 0 atom stereocenters. The molecular formula is C18H22N2O4. The van der Waals surface area contributed by atoms with Crippen LogP contribution in [0, 0.1) is 0 Å². The first-order valence-corrected chi connectivity index (χ1v) is 7.86. The minimum atomic E-state index is -0.112. The topological polar surface area (TPSA) is 69.6 Å². The third-order valence-electron chi connectivity index (χ3n) is 3.50. The van der Waals surface area contributed by atoms with Crippen LogP contribution in [0.1, 0.15) is 18.9 Å². The third-order valence-corrected chi connectivity index (χ3v) is 3.50. The second-order valence-corrected chi connectivity index (χ2v) is 5.18. The van der Waals surface area contributed by atoms with Crippen molar-refractivity contribution >= 4 is 5.91 Å². The van der Waals surface area contributed by atoms with Crippen molar-refractivity contribution in [2.75, 3.05) is 13.7 Å². The van der Waals surface area contributed by atoms with E-state index in [9.17, 15) is 9.59 Å². The number of methoxy groups -OCH3 is 1. The zero-order chi connectivity index (χ0) is 17.4. The monoisotopic (exact) mass is 330 g/mol. The predicted molar refractivity (Wildman–Crippen MR) is 91.3 cm³/mol. The number of pyridine rings is 1.